The van der Waals surface area contributed by atoms with E-state index in [2.05, 4.69) is 20.5 Å². The van der Waals surface area contributed by atoms with Gasteiger partial charge in [0, 0.05) is 18.2 Å². The van der Waals surface area contributed by atoms with Crippen LogP contribution in [0, 0.1) is 6.92 Å². The van der Waals surface area contributed by atoms with Crippen molar-refractivity contribution in [1.29, 1.82) is 0 Å². The minimum atomic E-state index is -4.86. The summed E-state index contributed by atoms with van der Waals surface area (Å²) in [5.41, 5.74) is 1.47. The first kappa shape index (κ1) is 23.5. The molecule has 1 amide bonds. The number of rotatable bonds is 4. The molecule has 1 aliphatic heterocycles. The lowest BCUT2D eigenvalue weighted by atomic mass is 9.96. The van der Waals surface area contributed by atoms with Crippen molar-refractivity contribution in [2.24, 2.45) is 0 Å². The quantitative estimate of drug-likeness (QED) is 0.446. The second-order valence-corrected chi connectivity index (χ2v) is 7.79. The van der Waals surface area contributed by atoms with Gasteiger partial charge in [0.25, 0.3) is 5.91 Å². The lowest BCUT2D eigenvalue weighted by Gasteiger charge is -2.33. The molecule has 0 saturated carbocycles. The molecular weight excluding hydrogens is 466 g/mol. The summed E-state index contributed by atoms with van der Waals surface area (Å²) in [6.45, 7) is 1.87. The predicted molar refractivity (Wildman–Crippen MR) is 111 cm³/mol. The Kier molecular flexibility index (Phi) is 5.92. The molecule has 0 fully saturated rings. The van der Waals surface area contributed by atoms with Crippen LogP contribution >= 0.6 is 0 Å². The molecule has 1 aliphatic rings. The standard InChI is InChI=1S/C22H18F6N4O2/c1-12-2-4-13(5-3-12)16-10-18(21(23,24)25)32-19(30-16)11-17(31-32)20(33)29-14-6-8-15(9-7-14)34-22(26,27)28/h2-9,11,16,18,30H,10H2,1H3,(H,29,33). The molecule has 6 nitrogen and oxygen atoms in total. The van der Waals surface area contributed by atoms with Crippen LogP contribution in [0.2, 0.25) is 0 Å². The first-order valence-electron chi connectivity index (χ1n) is 10.1. The van der Waals surface area contributed by atoms with Gasteiger partial charge in [0.1, 0.15) is 11.6 Å². The van der Waals surface area contributed by atoms with E-state index in [4.69, 9.17) is 0 Å². The van der Waals surface area contributed by atoms with E-state index in [0.717, 1.165) is 22.4 Å². The van der Waals surface area contributed by atoms with Gasteiger partial charge in [-0.1, -0.05) is 29.8 Å². The fourth-order valence-corrected chi connectivity index (χ4v) is 3.64. The van der Waals surface area contributed by atoms with Gasteiger partial charge in [-0.25, -0.2) is 4.68 Å². The number of nitrogens with one attached hydrogen (secondary N) is 2. The van der Waals surface area contributed by atoms with Crippen molar-refractivity contribution < 1.29 is 35.9 Å². The van der Waals surface area contributed by atoms with Crippen molar-refractivity contribution in [3.63, 3.8) is 0 Å². The molecular formula is C22H18F6N4O2. The number of amides is 1. The van der Waals surface area contributed by atoms with Gasteiger partial charge >= 0.3 is 12.5 Å². The Bertz CT molecular complexity index is 1170. The molecule has 0 aliphatic carbocycles. The minimum absolute atomic E-state index is 0.0261. The molecule has 2 atom stereocenters. The number of alkyl halides is 6. The second-order valence-electron chi connectivity index (χ2n) is 7.79. The van der Waals surface area contributed by atoms with Gasteiger partial charge in [-0.05, 0) is 36.8 Å². The van der Waals surface area contributed by atoms with Gasteiger partial charge < -0.3 is 15.4 Å². The maximum Gasteiger partial charge on any atom is 0.573 e. The number of benzene rings is 2. The van der Waals surface area contributed by atoms with Gasteiger partial charge in [-0.15, -0.1) is 13.2 Å². The molecule has 34 heavy (non-hydrogen) atoms. The van der Waals surface area contributed by atoms with Crippen LogP contribution in [0.4, 0.5) is 37.8 Å². The summed E-state index contributed by atoms with van der Waals surface area (Å²) in [6.07, 6.45) is -9.78. The highest BCUT2D eigenvalue weighted by atomic mass is 19.4. The Morgan fingerprint density at radius 3 is 2.29 bits per heavy atom. The van der Waals surface area contributed by atoms with Gasteiger partial charge in [0.2, 0.25) is 0 Å². The monoisotopic (exact) mass is 484 g/mol. The van der Waals surface area contributed by atoms with Crippen LogP contribution in [0.1, 0.15) is 40.1 Å². The zero-order valence-corrected chi connectivity index (χ0v) is 17.5. The Labute approximate surface area is 189 Å². The molecule has 1 aromatic heterocycles. The molecule has 0 bridgehead atoms. The molecule has 3 aromatic rings. The van der Waals surface area contributed by atoms with E-state index < -0.39 is 36.3 Å². The van der Waals surface area contributed by atoms with E-state index in [1.165, 1.54) is 18.2 Å². The lowest BCUT2D eigenvalue weighted by Crippen LogP contribution is -2.35. The summed E-state index contributed by atoms with van der Waals surface area (Å²) >= 11 is 0. The van der Waals surface area contributed by atoms with Crippen LogP contribution in [0.25, 0.3) is 0 Å². The highest BCUT2D eigenvalue weighted by Crippen LogP contribution is 2.43. The summed E-state index contributed by atoms with van der Waals surface area (Å²) in [5, 5.41) is 9.25. The lowest BCUT2D eigenvalue weighted by molar-refractivity contribution is -0.274. The molecule has 180 valence electrons. The zero-order valence-electron chi connectivity index (χ0n) is 17.5. The smallest absolute Gasteiger partial charge is 0.406 e. The van der Waals surface area contributed by atoms with Crippen molar-refractivity contribution in [1.82, 2.24) is 9.78 Å². The molecule has 2 unspecified atom stereocenters. The minimum Gasteiger partial charge on any atom is -0.406 e. The molecule has 12 heteroatoms. The molecule has 2 N–H and O–H groups in total. The second kappa shape index (κ2) is 8.58. The number of carbonyl (C=O) groups is 1. The van der Waals surface area contributed by atoms with Gasteiger partial charge in [0.05, 0.1) is 6.04 Å². The van der Waals surface area contributed by atoms with E-state index in [9.17, 15) is 31.1 Å². The third-order valence-corrected chi connectivity index (χ3v) is 5.25. The topological polar surface area (TPSA) is 68.2 Å². The summed E-state index contributed by atoms with van der Waals surface area (Å²) < 4.78 is 82.7. The number of ether oxygens (including phenoxy) is 1. The van der Waals surface area contributed by atoms with Gasteiger partial charge in [0.15, 0.2) is 11.7 Å². The van der Waals surface area contributed by atoms with Crippen molar-refractivity contribution >= 4 is 17.4 Å². The largest absolute Gasteiger partial charge is 0.573 e. The maximum absolute atomic E-state index is 13.8. The normalized spacial score (nSPS) is 18.1. The average Bonchev–Trinajstić information content (AvgIpc) is 3.17. The van der Waals surface area contributed by atoms with E-state index in [1.54, 1.807) is 24.3 Å². The van der Waals surface area contributed by atoms with Gasteiger partial charge in [-0.3, -0.25) is 4.79 Å². The number of fused-ring (bicyclic) bond motifs is 1. The van der Waals surface area contributed by atoms with Crippen LogP contribution in [0.15, 0.2) is 54.6 Å². The molecule has 2 aromatic carbocycles. The SMILES string of the molecule is Cc1ccc(C2CC(C(F)(F)F)n3nc(C(=O)Nc4ccc(OC(F)(F)F)cc4)cc3N2)cc1. The Balaban J connectivity index is 1.55. The highest BCUT2D eigenvalue weighted by Gasteiger charge is 2.46. The van der Waals surface area contributed by atoms with Crippen molar-refractivity contribution in [2.75, 3.05) is 10.6 Å². The molecule has 4 rings (SSSR count). The van der Waals surface area contributed by atoms with E-state index >= 15 is 0 Å². The summed E-state index contributed by atoms with van der Waals surface area (Å²) in [5.74, 6) is -1.28. The number of aryl methyl sites for hydroxylation is 1. The van der Waals surface area contributed by atoms with Crippen LogP contribution in [0.5, 0.6) is 5.75 Å². The first-order valence-corrected chi connectivity index (χ1v) is 10.1. The van der Waals surface area contributed by atoms with Crippen molar-refractivity contribution in [2.45, 2.75) is 38.0 Å². The number of aromatic nitrogens is 2. The van der Waals surface area contributed by atoms with Gasteiger partial charge in [-0.2, -0.15) is 18.3 Å². The summed E-state index contributed by atoms with van der Waals surface area (Å²) in [4.78, 5) is 12.6. The van der Waals surface area contributed by atoms with Crippen LogP contribution < -0.4 is 15.4 Å². The van der Waals surface area contributed by atoms with Crippen LogP contribution in [-0.4, -0.2) is 28.2 Å². The third-order valence-electron chi connectivity index (χ3n) is 5.25. The van der Waals surface area contributed by atoms with Crippen LogP contribution in [0.3, 0.4) is 0 Å². The number of carbonyl (C=O) groups excluding carboxylic acids is 1. The summed E-state index contributed by atoms with van der Waals surface area (Å²) in [7, 11) is 0. The Morgan fingerprint density at radius 2 is 1.71 bits per heavy atom. The van der Waals surface area contributed by atoms with Crippen molar-refractivity contribution in [3.05, 3.63) is 71.4 Å². The number of anilines is 2. The third kappa shape index (κ3) is 5.26. The van der Waals surface area contributed by atoms with E-state index in [-0.39, 0.29) is 23.6 Å². The van der Waals surface area contributed by atoms with Crippen molar-refractivity contribution in [3.8, 4) is 5.75 Å². The first-order chi connectivity index (χ1) is 15.9. The van der Waals surface area contributed by atoms with E-state index in [0.29, 0.717) is 5.56 Å². The average molecular weight is 484 g/mol. The van der Waals surface area contributed by atoms with E-state index in [1.807, 2.05) is 6.92 Å². The molecule has 0 radical (unpaired) electrons. The number of nitrogens with zero attached hydrogens (tertiary/aromatic N) is 2. The Hall–Kier alpha value is -3.70. The molecule has 0 saturated heterocycles. The highest BCUT2D eigenvalue weighted by molar-refractivity contribution is 6.03. The number of hydrogen-bond acceptors (Lipinski definition) is 4. The fraction of sp³-hybridized carbons (Fsp3) is 0.273. The maximum atomic E-state index is 13.8. The number of halogens is 6. The Morgan fingerprint density at radius 1 is 1.06 bits per heavy atom. The predicted octanol–water partition coefficient (Wildman–Crippen LogP) is 6.00. The zero-order chi connectivity index (χ0) is 24.7. The number of hydrogen-bond donors (Lipinski definition) is 2. The molecule has 0 spiro atoms. The fourth-order valence-electron chi connectivity index (χ4n) is 3.64. The van der Waals surface area contributed by atoms with Crippen LogP contribution in [-0.2, 0) is 0 Å². The summed E-state index contributed by atoms with van der Waals surface area (Å²) in [6, 6.07) is 10.0. The molecule has 2 heterocycles.